The second kappa shape index (κ2) is 7.86. The van der Waals surface area contributed by atoms with E-state index in [1.165, 1.54) is 12.8 Å². The van der Waals surface area contributed by atoms with Gasteiger partial charge in [-0.05, 0) is 56.8 Å². The van der Waals surface area contributed by atoms with Crippen molar-refractivity contribution in [2.24, 2.45) is 5.41 Å². The zero-order valence-electron chi connectivity index (χ0n) is 15.4. The molecule has 0 N–H and O–H groups in total. The summed E-state index contributed by atoms with van der Waals surface area (Å²) in [4.78, 5) is 6.75. The highest BCUT2D eigenvalue weighted by atomic mass is 16.5. The minimum absolute atomic E-state index is 0.212. The zero-order valence-corrected chi connectivity index (χ0v) is 15.4. The van der Waals surface area contributed by atoms with Crippen LogP contribution in [0.25, 0.3) is 0 Å². The van der Waals surface area contributed by atoms with Crippen molar-refractivity contribution in [3.05, 3.63) is 47.6 Å². The molecule has 4 heterocycles. The van der Waals surface area contributed by atoms with E-state index in [0.29, 0.717) is 18.6 Å². The van der Waals surface area contributed by atoms with E-state index in [4.69, 9.17) is 14.0 Å². The Bertz CT molecular complexity index is 695. The highest BCUT2D eigenvalue weighted by Gasteiger charge is 2.42. The molecule has 6 heteroatoms. The fourth-order valence-electron chi connectivity index (χ4n) is 4.04. The lowest BCUT2D eigenvalue weighted by molar-refractivity contribution is 0.00551. The second-order valence-electron chi connectivity index (χ2n) is 7.68. The first kappa shape index (κ1) is 17.6. The fraction of sp³-hybridized carbons (Fsp3) is 0.600. The van der Waals surface area contributed by atoms with Gasteiger partial charge in [0, 0.05) is 18.8 Å². The summed E-state index contributed by atoms with van der Waals surface area (Å²) < 4.78 is 17.0. The molecule has 1 spiro atoms. The SMILES string of the molecule is Cc1cc(CN2CCC3(CC2)CO[C@@H](COCc2ccccn2)C3)no1. The Morgan fingerprint density at radius 1 is 1.27 bits per heavy atom. The molecule has 0 unspecified atom stereocenters. The molecule has 2 aliphatic rings. The monoisotopic (exact) mass is 357 g/mol. The lowest BCUT2D eigenvalue weighted by Crippen LogP contribution is -2.40. The molecule has 2 fully saturated rings. The molecular weight excluding hydrogens is 330 g/mol. The highest BCUT2D eigenvalue weighted by molar-refractivity contribution is 5.04. The third-order valence-corrected chi connectivity index (χ3v) is 5.54. The number of piperidine rings is 1. The van der Waals surface area contributed by atoms with Crippen LogP contribution in [0.4, 0.5) is 0 Å². The van der Waals surface area contributed by atoms with E-state index in [1.807, 2.05) is 31.2 Å². The minimum Gasteiger partial charge on any atom is -0.375 e. The van der Waals surface area contributed by atoms with E-state index in [0.717, 1.165) is 49.8 Å². The van der Waals surface area contributed by atoms with Crippen molar-refractivity contribution < 1.29 is 14.0 Å². The number of nitrogens with zero attached hydrogens (tertiary/aromatic N) is 3. The molecule has 0 saturated carbocycles. The van der Waals surface area contributed by atoms with E-state index in [-0.39, 0.29) is 6.10 Å². The van der Waals surface area contributed by atoms with Gasteiger partial charge in [0.2, 0.25) is 0 Å². The normalized spacial score (nSPS) is 22.9. The molecule has 26 heavy (non-hydrogen) atoms. The van der Waals surface area contributed by atoms with Gasteiger partial charge in [-0.1, -0.05) is 11.2 Å². The predicted octanol–water partition coefficient (Wildman–Crippen LogP) is 2.97. The maximum absolute atomic E-state index is 6.05. The van der Waals surface area contributed by atoms with Crippen molar-refractivity contribution >= 4 is 0 Å². The molecule has 140 valence electrons. The first-order valence-corrected chi connectivity index (χ1v) is 9.45. The van der Waals surface area contributed by atoms with Gasteiger partial charge in [0.25, 0.3) is 0 Å². The van der Waals surface area contributed by atoms with Gasteiger partial charge in [0.1, 0.15) is 5.76 Å². The summed E-state index contributed by atoms with van der Waals surface area (Å²) in [6.07, 6.45) is 5.48. The Labute approximate surface area is 154 Å². The summed E-state index contributed by atoms with van der Waals surface area (Å²) in [5, 5.41) is 4.11. The quantitative estimate of drug-likeness (QED) is 0.792. The van der Waals surface area contributed by atoms with Crippen LogP contribution in [0.3, 0.4) is 0 Å². The van der Waals surface area contributed by atoms with E-state index in [9.17, 15) is 0 Å². The molecule has 0 amide bonds. The van der Waals surface area contributed by atoms with Gasteiger partial charge in [-0.3, -0.25) is 9.88 Å². The van der Waals surface area contributed by atoms with Gasteiger partial charge in [-0.2, -0.15) is 0 Å². The molecule has 4 rings (SSSR count). The van der Waals surface area contributed by atoms with Crippen LogP contribution in [0.1, 0.15) is 36.4 Å². The largest absolute Gasteiger partial charge is 0.375 e. The van der Waals surface area contributed by atoms with E-state index in [2.05, 4.69) is 15.0 Å². The van der Waals surface area contributed by atoms with Gasteiger partial charge >= 0.3 is 0 Å². The number of rotatable bonds is 6. The summed E-state index contributed by atoms with van der Waals surface area (Å²) in [7, 11) is 0. The number of hydrogen-bond acceptors (Lipinski definition) is 6. The molecule has 2 saturated heterocycles. The molecule has 0 bridgehead atoms. The summed E-state index contributed by atoms with van der Waals surface area (Å²) in [6, 6.07) is 7.92. The van der Waals surface area contributed by atoms with E-state index < -0.39 is 0 Å². The van der Waals surface area contributed by atoms with E-state index >= 15 is 0 Å². The Morgan fingerprint density at radius 2 is 2.15 bits per heavy atom. The molecule has 6 nitrogen and oxygen atoms in total. The first-order chi connectivity index (χ1) is 12.7. The van der Waals surface area contributed by atoms with Crippen LogP contribution in [-0.2, 0) is 22.6 Å². The Hall–Kier alpha value is -1.76. The molecule has 2 aliphatic heterocycles. The zero-order chi connectivity index (χ0) is 17.8. The van der Waals surface area contributed by atoms with Gasteiger partial charge in [-0.25, -0.2) is 0 Å². The van der Waals surface area contributed by atoms with Crippen molar-refractivity contribution in [1.82, 2.24) is 15.0 Å². The number of ether oxygens (including phenoxy) is 2. The number of hydrogen-bond donors (Lipinski definition) is 0. The number of pyridine rings is 1. The lowest BCUT2D eigenvalue weighted by atomic mass is 9.76. The van der Waals surface area contributed by atoms with Gasteiger partial charge < -0.3 is 14.0 Å². The van der Waals surface area contributed by atoms with Gasteiger partial charge in [0.15, 0.2) is 0 Å². The third kappa shape index (κ3) is 4.31. The topological polar surface area (TPSA) is 60.6 Å². The van der Waals surface area contributed by atoms with Crippen molar-refractivity contribution in [3.63, 3.8) is 0 Å². The highest BCUT2D eigenvalue weighted by Crippen LogP contribution is 2.42. The second-order valence-corrected chi connectivity index (χ2v) is 7.68. The lowest BCUT2D eigenvalue weighted by Gasteiger charge is -2.38. The fourth-order valence-corrected chi connectivity index (χ4v) is 4.04. The van der Waals surface area contributed by atoms with Crippen molar-refractivity contribution in [3.8, 4) is 0 Å². The number of likely N-dealkylation sites (tertiary alicyclic amines) is 1. The van der Waals surface area contributed by atoms with Crippen LogP contribution >= 0.6 is 0 Å². The first-order valence-electron chi connectivity index (χ1n) is 9.45. The van der Waals surface area contributed by atoms with Crippen molar-refractivity contribution in [2.45, 2.75) is 45.4 Å². The summed E-state index contributed by atoms with van der Waals surface area (Å²) in [5.74, 6) is 0.881. The maximum Gasteiger partial charge on any atom is 0.133 e. The van der Waals surface area contributed by atoms with Crippen LogP contribution in [0.5, 0.6) is 0 Å². The number of aryl methyl sites for hydroxylation is 1. The number of aromatic nitrogens is 2. The van der Waals surface area contributed by atoms with Gasteiger partial charge in [-0.15, -0.1) is 0 Å². The molecule has 2 aromatic heterocycles. The maximum atomic E-state index is 6.05. The van der Waals surface area contributed by atoms with Crippen LogP contribution in [0, 0.1) is 12.3 Å². The van der Waals surface area contributed by atoms with Crippen LogP contribution in [-0.4, -0.2) is 47.4 Å². The Balaban J connectivity index is 1.20. The third-order valence-electron chi connectivity index (χ3n) is 5.54. The van der Waals surface area contributed by atoms with Crippen LogP contribution in [0.2, 0.25) is 0 Å². The van der Waals surface area contributed by atoms with Crippen LogP contribution < -0.4 is 0 Å². The summed E-state index contributed by atoms with van der Waals surface area (Å²) in [5.41, 5.74) is 2.33. The van der Waals surface area contributed by atoms with Crippen molar-refractivity contribution in [2.75, 3.05) is 26.3 Å². The molecule has 2 aromatic rings. The van der Waals surface area contributed by atoms with Gasteiger partial charge in [0.05, 0.1) is 37.3 Å². The molecule has 0 aromatic carbocycles. The Morgan fingerprint density at radius 3 is 2.88 bits per heavy atom. The summed E-state index contributed by atoms with van der Waals surface area (Å²) in [6.45, 7) is 7.08. The summed E-state index contributed by atoms with van der Waals surface area (Å²) >= 11 is 0. The molecular formula is C20H27N3O3. The van der Waals surface area contributed by atoms with Crippen LogP contribution in [0.15, 0.2) is 35.0 Å². The predicted molar refractivity (Wildman–Crippen MR) is 96.4 cm³/mol. The molecule has 0 radical (unpaired) electrons. The smallest absolute Gasteiger partial charge is 0.133 e. The Kier molecular flexibility index (Phi) is 5.33. The average Bonchev–Trinajstić information content (AvgIpc) is 3.25. The molecule has 0 aliphatic carbocycles. The van der Waals surface area contributed by atoms with E-state index in [1.54, 1.807) is 6.20 Å². The van der Waals surface area contributed by atoms with Crippen molar-refractivity contribution in [1.29, 1.82) is 0 Å². The average molecular weight is 357 g/mol. The molecule has 1 atom stereocenters. The minimum atomic E-state index is 0.212. The standard InChI is InChI=1S/C20H27N3O3/c1-16-10-18(22-26-16)12-23-8-5-20(6-9-23)11-19(25-15-20)14-24-13-17-4-2-3-7-21-17/h2-4,7,10,19H,5-6,8-9,11-15H2,1H3/t19-/m1/s1.